The molecule has 72 valence electrons. The van der Waals surface area contributed by atoms with Gasteiger partial charge in [-0.2, -0.15) is 0 Å². The molecule has 0 aliphatic carbocycles. The van der Waals surface area contributed by atoms with Crippen LogP contribution < -0.4 is 5.32 Å². The first-order valence-electron chi connectivity index (χ1n) is 4.59. The zero-order chi connectivity index (χ0) is 8.97. The van der Waals surface area contributed by atoms with Gasteiger partial charge < -0.3 is 10.2 Å². The summed E-state index contributed by atoms with van der Waals surface area (Å²) in [4.78, 5) is 1.91. The maximum atomic E-state index is 9.48. The number of aliphatic hydroxyl groups excluding tert-OH is 2. The van der Waals surface area contributed by atoms with Crippen LogP contribution in [0.25, 0.3) is 0 Å². The molecular weight excluding hydrogens is 156 g/mol. The second-order valence-electron chi connectivity index (χ2n) is 3.20. The van der Waals surface area contributed by atoms with Gasteiger partial charge in [0.15, 0.2) is 0 Å². The van der Waals surface area contributed by atoms with Crippen molar-refractivity contribution in [3.63, 3.8) is 0 Å². The second kappa shape index (κ2) is 4.77. The monoisotopic (exact) mass is 174 g/mol. The molecule has 2 unspecified atom stereocenters. The summed E-state index contributed by atoms with van der Waals surface area (Å²) in [6.07, 6.45) is 0.678. The van der Waals surface area contributed by atoms with Crippen molar-refractivity contribution < 1.29 is 10.2 Å². The minimum absolute atomic E-state index is 0.731. The molecule has 1 rings (SSSR count). The van der Waals surface area contributed by atoms with Crippen molar-refractivity contribution in [2.24, 2.45) is 0 Å². The highest BCUT2D eigenvalue weighted by molar-refractivity contribution is 4.74. The molecule has 1 heterocycles. The standard InChI is InChI=1S/C8H18N2O2/c1-2-3-5-10-6-4-9-7(11)8(10)12/h7-9,11-12H,2-6H2,1H3. The van der Waals surface area contributed by atoms with Crippen LogP contribution in [0.2, 0.25) is 0 Å². The van der Waals surface area contributed by atoms with Crippen LogP contribution in [0.1, 0.15) is 19.8 Å². The minimum Gasteiger partial charge on any atom is -0.374 e. The third-order valence-electron chi connectivity index (χ3n) is 2.21. The lowest BCUT2D eigenvalue weighted by molar-refractivity contribution is -0.116. The number of nitrogens with zero attached hydrogens (tertiary/aromatic N) is 1. The summed E-state index contributed by atoms with van der Waals surface area (Å²) in [6.45, 7) is 4.56. The van der Waals surface area contributed by atoms with Crippen molar-refractivity contribution in [2.45, 2.75) is 32.2 Å². The predicted octanol–water partition coefficient (Wildman–Crippen LogP) is -0.672. The molecule has 1 aliphatic heterocycles. The Morgan fingerprint density at radius 3 is 2.92 bits per heavy atom. The Kier molecular flexibility index (Phi) is 3.94. The Bertz CT molecular complexity index is 132. The maximum absolute atomic E-state index is 9.48. The van der Waals surface area contributed by atoms with E-state index in [-0.39, 0.29) is 0 Å². The fourth-order valence-electron chi connectivity index (χ4n) is 1.40. The minimum atomic E-state index is -0.782. The lowest BCUT2D eigenvalue weighted by atomic mass is 10.2. The van der Waals surface area contributed by atoms with Gasteiger partial charge in [-0.3, -0.25) is 10.2 Å². The zero-order valence-corrected chi connectivity index (χ0v) is 7.53. The van der Waals surface area contributed by atoms with E-state index in [0.717, 1.165) is 32.5 Å². The van der Waals surface area contributed by atoms with Crippen molar-refractivity contribution in [3.8, 4) is 0 Å². The summed E-state index contributed by atoms with van der Waals surface area (Å²) in [7, 11) is 0. The Balaban J connectivity index is 2.30. The zero-order valence-electron chi connectivity index (χ0n) is 7.53. The molecule has 3 N–H and O–H groups in total. The molecule has 0 saturated carbocycles. The molecule has 0 aromatic heterocycles. The van der Waals surface area contributed by atoms with Crippen LogP contribution in [-0.2, 0) is 0 Å². The van der Waals surface area contributed by atoms with Gasteiger partial charge in [0.2, 0.25) is 0 Å². The molecule has 0 amide bonds. The molecule has 0 bridgehead atoms. The van der Waals surface area contributed by atoms with E-state index in [9.17, 15) is 10.2 Å². The second-order valence-corrected chi connectivity index (χ2v) is 3.20. The van der Waals surface area contributed by atoms with Crippen LogP contribution in [-0.4, -0.2) is 47.2 Å². The predicted molar refractivity (Wildman–Crippen MR) is 46.5 cm³/mol. The third-order valence-corrected chi connectivity index (χ3v) is 2.21. The highest BCUT2D eigenvalue weighted by Gasteiger charge is 2.26. The number of hydrogen-bond acceptors (Lipinski definition) is 4. The third kappa shape index (κ3) is 2.42. The average Bonchev–Trinajstić information content (AvgIpc) is 2.08. The Hall–Kier alpha value is -0.160. The largest absolute Gasteiger partial charge is 0.374 e. The molecule has 12 heavy (non-hydrogen) atoms. The highest BCUT2D eigenvalue weighted by Crippen LogP contribution is 2.06. The van der Waals surface area contributed by atoms with E-state index >= 15 is 0 Å². The van der Waals surface area contributed by atoms with Gasteiger partial charge in [0.05, 0.1) is 0 Å². The molecule has 4 nitrogen and oxygen atoms in total. The summed E-state index contributed by atoms with van der Waals surface area (Å²) in [5, 5.41) is 21.5. The van der Waals surface area contributed by atoms with E-state index in [2.05, 4.69) is 12.2 Å². The molecule has 0 radical (unpaired) electrons. The SMILES string of the molecule is CCCCN1CCNC(O)C1O. The van der Waals surface area contributed by atoms with Crippen molar-refractivity contribution in [2.75, 3.05) is 19.6 Å². The smallest absolute Gasteiger partial charge is 0.147 e. The van der Waals surface area contributed by atoms with Crippen molar-refractivity contribution in [3.05, 3.63) is 0 Å². The molecule has 2 atom stereocenters. The number of piperazine rings is 1. The number of rotatable bonds is 3. The summed E-state index contributed by atoms with van der Waals surface area (Å²) in [5.74, 6) is 0. The van der Waals surface area contributed by atoms with Crippen molar-refractivity contribution >= 4 is 0 Å². The van der Waals surface area contributed by atoms with Crippen molar-refractivity contribution in [1.82, 2.24) is 10.2 Å². The van der Waals surface area contributed by atoms with Crippen LogP contribution in [0.15, 0.2) is 0 Å². The molecule has 1 fully saturated rings. The van der Waals surface area contributed by atoms with E-state index in [0.29, 0.717) is 0 Å². The number of hydrogen-bond donors (Lipinski definition) is 3. The molecular formula is C8H18N2O2. The first kappa shape index (κ1) is 9.92. The molecule has 0 aromatic carbocycles. The quantitative estimate of drug-likeness (QED) is 0.531. The first-order chi connectivity index (χ1) is 5.75. The normalized spacial score (nSPS) is 32.2. The van der Waals surface area contributed by atoms with E-state index in [1.807, 2.05) is 4.90 Å². The highest BCUT2D eigenvalue weighted by atomic mass is 16.4. The summed E-state index contributed by atoms with van der Waals surface area (Å²) in [6, 6.07) is 0. The van der Waals surface area contributed by atoms with E-state index in [1.165, 1.54) is 0 Å². The van der Waals surface area contributed by atoms with E-state index < -0.39 is 12.5 Å². The number of aliphatic hydroxyl groups is 2. The Morgan fingerprint density at radius 2 is 2.25 bits per heavy atom. The fourth-order valence-corrected chi connectivity index (χ4v) is 1.40. The number of unbranched alkanes of at least 4 members (excludes halogenated alkanes) is 1. The van der Waals surface area contributed by atoms with Gasteiger partial charge in [0.25, 0.3) is 0 Å². The Labute approximate surface area is 73.2 Å². The maximum Gasteiger partial charge on any atom is 0.147 e. The fraction of sp³-hybridized carbons (Fsp3) is 1.00. The van der Waals surface area contributed by atoms with Gasteiger partial charge in [-0.05, 0) is 6.42 Å². The van der Waals surface area contributed by atoms with E-state index in [4.69, 9.17) is 0 Å². The van der Waals surface area contributed by atoms with Gasteiger partial charge in [-0.25, -0.2) is 0 Å². The molecule has 1 saturated heterocycles. The van der Waals surface area contributed by atoms with Gasteiger partial charge >= 0.3 is 0 Å². The van der Waals surface area contributed by atoms with Crippen LogP contribution in [0, 0.1) is 0 Å². The van der Waals surface area contributed by atoms with Crippen LogP contribution in [0.4, 0.5) is 0 Å². The lowest BCUT2D eigenvalue weighted by Gasteiger charge is -2.35. The summed E-state index contributed by atoms with van der Waals surface area (Å²) in [5.41, 5.74) is 0. The lowest BCUT2D eigenvalue weighted by Crippen LogP contribution is -2.57. The molecule has 0 aromatic rings. The van der Waals surface area contributed by atoms with Gasteiger partial charge in [-0.15, -0.1) is 0 Å². The van der Waals surface area contributed by atoms with E-state index in [1.54, 1.807) is 0 Å². The van der Waals surface area contributed by atoms with Gasteiger partial charge in [-0.1, -0.05) is 13.3 Å². The summed E-state index contributed by atoms with van der Waals surface area (Å²) < 4.78 is 0. The van der Waals surface area contributed by atoms with Crippen molar-refractivity contribution in [1.29, 1.82) is 0 Å². The van der Waals surface area contributed by atoms with Gasteiger partial charge in [0.1, 0.15) is 12.5 Å². The Morgan fingerprint density at radius 1 is 1.50 bits per heavy atom. The first-order valence-corrected chi connectivity index (χ1v) is 4.59. The summed E-state index contributed by atoms with van der Waals surface area (Å²) >= 11 is 0. The molecule has 1 aliphatic rings. The molecule has 4 heteroatoms. The topological polar surface area (TPSA) is 55.7 Å². The molecule has 0 spiro atoms. The van der Waals surface area contributed by atoms with Crippen LogP contribution >= 0.6 is 0 Å². The van der Waals surface area contributed by atoms with Crippen LogP contribution in [0.3, 0.4) is 0 Å². The van der Waals surface area contributed by atoms with Gasteiger partial charge in [0, 0.05) is 19.6 Å². The average molecular weight is 174 g/mol. The number of nitrogens with one attached hydrogen (secondary N) is 1. The van der Waals surface area contributed by atoms with Crippen LogP contribution in [0.5, 0.6) is 0 Å².